The van der Waals surface area contributed by atoms with Crippen LogP contribution in [-0.4, -0.2) is 48.5 Å². The van der Waals surface area contributed by atoms with Gasteiger partial charge in [-0.05, 0) is 6.92 Å². The maximum absolute atomic E-state index is 10.6. The summed E-state index contributed by atoms with van der Waals surface area (Å²) in [4.78, 5) is 32.3. The molecule has 0 saturated carbocycles. The lowest BCUT2D eigenvalue weighted by atomic mass is 10.4. The number of hydrogen-bond acceptors (Lipinski definition) is 8. The van der Waals surface area contributed by atoms with Gasteiger partial charge in [0.15, 0.2) is 0 Å². The molecule has 0 aromatic rings. The second-order valence-corrected chi connectivity index (χ2v) is 2.88. The van der Waals surface area contributed by atoms with E-state index in [4.69, 9.17) is 30.0 Å². The highest BCUT2D eigenvalue weighted by molar-refractivity contribution is 7.38. The average molecular weight is 244 g/mol. The maximum atomic E-state index is 10.6. The molecule has 9 heteroatoms. The molecule has 0 aliphatic carbocycles. The van der Waals surface area contributed by atoms with Crippen molar-refractivity contribution in [1.82, 2.24) is 0 Å². The van der Waals surface area contributed by atoms with Gasteiger partial charge in [-0.1, -0.05) is 6.58 Å². The first-order chi connectivity index (χ1) is 6.62. The van der Waals surface area contributed by atoms with Gasteiger partial charge < -0.3 is 34.7 Å². The molecule has 0 saturated heterocycles. The molecule has 0 atom stereocenters. The lowest BCUT2D eigenvalue weighted by Gasteiger charge is -2.18. The van der Waals surface area contributed by atoms with Crippen molar-refractivity contribution in [3.63, 3.8) is 0 Å². The summed E-state index contributed by atoms with van der Waals surface area (Å²) in [6.45, 7) is 3.46. The van der Waals surface area contributed by atoms with Gasteiger partial charge in [-0.3, -0.25) is 0 Å². The molecule has 0 spiro atoms. The van der Waals surface area contributed by atoms with E-state index < -0.39 is 27.2 Å². The van der Waals surface area contributed by atoms with E-state index in [-0.39, 0.29) is 5.57 Å². The number of rotatable bonds is 3. The topological polar surface area (TPSA) is 148 Å². The van der Waals surface area contributed by atoms with Crippen LogP contribution in [0.4, 0.5) is 0 Å². The fraction of sp³-hybridized carbons (Fsp3) is 0.500. The summed E-state index contributed by atoms with van der Waals surface area (Å²) < 4.78 is 3.97. The Morgan fingerprint density at radius 3 is 1.93 bits per heavy atom. The third kappa shape index (κ3) is 13.4. The summed E-state index contributed by atoms with van der Waals surface area (Å²) in [5.41, 5.74) is 0.0194. The van der Waals surface area contributed by atoms with E-state index in [2.05, 4.69) is 11.3 Å². The highest BCUT2D eigenvalue weighted by Gasteiger charge is 2.27. The molecule has 0 aromatic heterocycles. The first-order valence-electron chi connectivity index (χ1n) is 3.43. The van der Waals surface area contributed by atoms with Crippen LogP contribution in [0.1, 0.15) is 6.92 Å². The molecule has 15 heavy (non-hydrogen) atoms. The van der Waals surface area contributed by atoms with Gasteiger partial charge in [-0.15, -0.1) is 0 Å². The van der Waals surface area contributed by atoms with E-state index >= 15 is 0 Å². The van der Waals surface area contributed by atoms with Crippen molar-refractivity contribution in [3.8, 4) is 0 Å². The smallest absolute Gasteiger partial charge is 0.348 e. The normalized spacial score (nSPS) is 10.4. The Hall–Kier alpha value is -0.600. The summed E-state index contributed by atoms with van der Waals surface area (Å²) in [6.07, 6.45) is 0. The van der Waals surface area contributed by atoms with Gasteiger partial charge in [-0.2, -0.15) is 0 Å². The minimum absolute atomic E-state index is 0.0194. The van der Waals surface area contributed by atoms with Crippen molar-refractivity contribution in [2.45, 2.75) is 12.9 Å². The SMILES string of the molecule is C=C(C)C(=O)OC(O)(O)CO.OP(O)O. The first-order valence-corrected chi connectivity index (χ1v) is 4.63. The van der Waals surface area contributed by atoms with Crippen molar-refractivity contribution >= 4 is 14.6 Å². The molecule has 0 amide bonds. The van der Waals surface area contributed by atoms with Crippen LogP contribution in [0.25, 0.3) is 0 Å². The zero-order valence-electron chi connectivity index (χ0n) is 7.86. The molecule has 0 aliphatic rings. The molecule has 6 N–H and O–H groups in total. The summed E-state index contributed by atoms with van der Waals surface area (Å²) >= 11 is 0. The van der Waals surface area contributed by atoms with E-state index in [0.29, 0.717) is 0 Å². The largest absolute Gasteiger partial charge is 0.403 e. The Morgan fingerprint density at radius 1 is 1.40 bits per heavy atom. The maximum Gasteiger partial charge on any atom is 0.348 e. The minimum atomic E-state index is -2.81. The molecule has 0 rings (SSSR count). The number of aliphatic hydroxyl groups excluding tert-OH is 1. The van der Waals surface area contributed by atoms with Crippen LogP contribution in [0, 0.1) is 0 Å². The van der Waals surface area contributed by atoms with E-state index in [9.17, 15) is 4.79 Å². The number of carbonyl (C=O) groups excluding carboxylic acids is 1. The standard InChI is InChI=1S/C6H10O5.H3O3P/c1-4(2)5(8)11-6(9,10)3-7;1-4(2)3/h7,9-10H,1,3H2,2H3;1-3H. The Kier molecular flexibility index (Phi) is 8.59. The second-order valence-electron chi connectivity index (χ2n) is 2.34. The van der Waals surface area contributed by atoms with Gasteiger partial charge in [0.1, 0.15) is 6.61 Å². The number of esters is 1. The molecule has 0 heterocycles. The van der Waals surface area contributed by atoms with Crippen LogP contribution < -0.4 is 0 Å². The first kappa shape index (κ1) is 16.8. The van der Waals surface area contributed by atoms with Gasteiger partial charge in [0, 0.05) is 5.57 Å². The molecule has 90 valence electrons. The zero-order chi connectivity index (χ0) is 12.6. The summed E-state index contributed by atoms with van der Waals surface area (Å²) in [5.74, 6) is -3.78. The second kappa shape index (κ2) is 7.66. The molecular weight excluding hydrogens is 231 g/mol. The highest BCUT2D eigenvalue weighted by atomic mass is 31.2. The molecule has 0 unspecified atom stereocenters. The van der Waals surface area contributed by atoms with Crippen LogP contribution in [-0.2, 0) is 9.53 Å². The Morgan fingerprint density at radius 2 is 1.73 bits per heavy atom. The predicted octanol–water partition coefficient (Wildman–Crippen LogP) is -2.07. The van der Waals surface area contributed by atoms with Crippen LogP contribution in [0.15, 0.2) is 12.2 Å². The number of ether oxygens (including phenoxy) is 1. The third-order valence-electron chi connectivity index (χ3n) is 0.811. The van der Waals surface area contributed by atoms with Crippen LogP contribution >= 0.6 is 8.60 Å². The van der Waals surface area contributed by atoms with Crippen molar-refractivity contribution in [2.24, 2.45) is 0 Å². The quantitative estimate of drug-likeness (QED) is 0.143. The Balaban J connectivity index is 0. The molecule has 8 nitrogen and oxygen atoms in total. The summed E-state index contributed by atoms with van der Waals surface area (Å²) in [5, 5.41) is 25.3. The van der Waals surface area contributed by atoms with Gasteiger partial charge in [0.25, 0.3) is 0 Å². The van der Waals surface area contributed by atoms with Crippen LogP contribution in [0.3, 0.4) is 0 Å². The van der Waals surface area contributed by atoms with Crippen LogP contribution in [0.5, 0.6) is 0 Å². The highest BCUT2D eigenvalue weighted by Crippen LogP contribution is 2.11. The van der Waals surface area contributed by atoms with Gasteiger partial charge in [-0.25, -0.2) is 4.79 Å². The summed E-state index contributed by atoms with van der Waals surface area (Å²) in [6, 6.07) is 0. The van der Waals surface area contributed by atoms with Crippen LogP contribution in [0.2, 0.25) is 0 Å². The van der Waals surface area contributed by atoms with E-state index in [0.717, 1.165) is 0 Å². The molecular formula is C6H13O8P. The third-order valence-corrected chi connectivity index (χ3v) is 0.811. The number of carbonyl (C=O) groups is 1. The molecule has 0 radical (unpaired) electrons. The van der Waals surface area contributed by atoms with Crippen molar-refractivity contribution < 1.29 is 39.5 Å². The monoisotopic (exact) mass is 244 g/mol. The van der Waals surface area contributed by atoms with E-state index in [1.807, 2.05) is 0 Å². The lowest BCUT2D eigenvalue weighted by Crippen LogP contribution is -2.38. The Bertz CT molecular complexity index is 210. The fourth-order valence-corrected chi connectivity index (χ4v) is 0.268. The molecule has 0 aliphatic heterocycles. The lowest BCUT2D eigenvalue weighted by molar-refractivity contribution is -0.330. The van der Waals surface area contributed by atoms with E-state index in [1.165, 1.54) is 6.92 Å². The molecule has 0 aromatic carbocycles. The summed E-state index contributed by atoms with van der Waals surface area (Å²) in [7, 11) is -2.62. The zero-order valence-corrected chi connectivity index (χ0v) is 8.76. The van der Waals surface area contributed by atoms with Gasteiger partial charge in [0.05, 0.1) is 0 Å². The number of aliphatic hydroxyl groups is 3. The van der Waals surface area contributed by atoms with Gasteiger partial charge in [0.2, 0.25) is 0 Å². The van der Waals surface area contributed by atoms with Gasteiger partial charge >= 0.3 is 20.5 Å². The molecule has 0 bridgehead atoms. The Labute approximate surface area is 86.7 Å². The van der Waals surface area contributed by atoms with E-state index in [1.54, 1.807) is 0 Å². The van der Waals surface area contributed by atoms with Crippen molar-refractivity contribution in [3.05, 3.63) is 12.2 Å². The minimum Gasteiger partial charge on any atom is -0.403 e. The predicted molar refractivity (Wildman–Crippen MR) is 48.7 cm³/mol. The van der Waals surface area contributed by atoms with Crippen molar-refractivity contribution in [1.29, 1.82) is 0 Å². The average Bonchev–Trinajstić information content (AvgIpc) is 2.02. The fourth-order valence-electron chi connectivity index (χ4n) is 0.268. The number of hydrogen-bond donors (Lipinski definition) is 6. The van der Waals surface area contributed by atoms with Crippen molar-refractivity contribution in [2.75, 3.05) is 6.61 Å². The molecule has 0 fully saturated rings.